The summed E-state index contributed by atoms with van der Waals surface area (Å²) in [6.07, 6.45) is 0. The Kier molecular flexibility index (Phi) is 3.49. The Morgan fingerprint density at radius 2 is 1.18 bits per heavy atom. The average molecular weight is 428 g/mol. The molecule has 0 spiro atoms. The largest absolute Gasteiger partial charge is 0.293 e. The number of Topliss-reactive ketones (excluding diaryl/α,β-unsaturated/α-hetero) is 2. The van der Waals surface area contributed by atoms with Crippen LogP contribution in [0.15, 0.2) is 103 Å². The molecule has 0 aromatic heterocycles. The van der Waals surface area contributed by atoms with Crippen LogP contribution in [0, 0.1) is 5.82 Å². The highest BCUT2D eigenvalue weighted by Gasteiger charge is 2.62. The fourth-order valence-corrected chi connectivity index (χ4v) is 6.33. The first-order chi connectivity index (χ1) is 16.2. The van der Waals surface area contributed by atoms with Crippen LogP contribution < -0.4 is 0 Å². The van der Waals surface area contributed by atoms with E-state index in [9.17, 15) is 9.59 Å². The number of halogens is 1. The number of carbonyl (C=O) groups excluding carboxylic acids is 2. The molecule has 2 atom stereocenters. The number of carbonyl (C=O) groups is 2. The van der Waals surface area contributed by atoms with E-state index in [-0.39, 0.29) is 11.6 Å². The number of ketones is 2. The summed E-state index contributed by atoms with van der Waals surface area (Å²) in [5.74, 6) is -1.33. The molecule has 3 aliphatic rings. The summed E-state index contributed by atoms with van der Waals surface area (Å²) in [5, 5.41) is 0. The van der Waals surface area contributed by atoms with Crippen LogP contribution in [0.3, 0.4) is 0 Å². The van der Waals surface area contributed by atoms with Gasteiger partial charge in [-0.15, -0.1) is 0 Å². The van der Waals surface area contributed by atoms with Gasteiger partial charge in [0.25, 0.3) is 0 Å². The number of hydrogen-bond acceptors (Lipinski definition) is 2. The van der Waals surface area contributed by atoms with Gasteiger partial charge in [0, 0.05) is 22.3 Å². The molecule has 3 aliphatic carbocycles. The Hall–Kier alpha value is -4.11. The maximum absolute atomic E-state index is 15.7. The van der Waals surface area contributed by atoms with E-state index in [1.54, 1.807) is 24.3 Å². The van der Waals surface area contributed by atoms with E-state index in [4.69, 9.17) is 0 Å². The minimum atomic E-state index is -1.22. The van der Waals surface area contributed by atoms with Crippen molar-refractivity contribution >= 4 is 17.1 Å². The van der Waals surface area contributed by atoms with Crippen LogP contribution in [0.25, 0.3) is 5.57 Å². The third-order valence-corrected chi connectivity index (χ3v) is 7.46. The Morgan fingerprint density at radius 1 is 0.606 bits per heavy atom. The summed E-state index contributed by atoms with van der Waals surface area (Å²) >= 11 is 0. The van der Waals surface area contributed by atoms with Crippen LogP contribution in [0.2, 0.25) is 0 Å². The lowest BCUT2D eigenvalue weighted by atomic mass is 9.57. The van der Waals surface area contributed by atoms with Gasteiger partial charge in [0.1, 0.15) is 5.82 Å². The van der Waals surface area contributed by atoms with Crippen LogP contribution in [-0.2, 0) is 5.41 Å². The van der Waals surface area contributed by atoms with Crippen molar-refractivity contribution in [3.63, 3.8) is 0 Å². The summed E-state index contributed by atoms with van der Waals surface area (Å²) in [7, 11) is 0. The van der Waals surface area contributed by atoms with Crippen LogP contribution >= 0.6 is 0 Å². The van der Waals surface area contributed by atoms with Gasteiger partial charge in [-0.25, -0.2) is 4.39 Å². The molecular formula is C30H17FO2. The van der Waals surface area contributed by atoms with E-state index in [0.29, 0.717) is 27.8 Å². The monoisotopic (exact) mass is 428 g/mol. The van der Waals surface area contributed by atoms with E-state index in [0.717, 1.165) is 22.3 Å². The van der Waals surface area contributed by atoms with Gasteiger partial charge in [0.05, 0.1) is 11.3 Å². The smallest absolute Gasteiger partial charge is 0.191 e. The normalized spacial score (nSPS) is 21.9. The molecule has 0 N–H and O–H groups in total. The molecule has 0 saturated carbocycles. The molecule has 0 heterocycles. The third-order valence-electron chi connectivity index (χ3n) is 7.46. The highest BCUT2D eigenvalue weighted by molar-refractivity contribution is 6.28. The molecule has 0 radical (unpaired) electrons. The number of rotatable bonds is 1. The first-order valence-electron chi connectivity index (χ1n) is 11.0. The van der Waals surface area contributed by atoms with E-state index in [1.165, 1.54) is 6.07 Å². The summed E-state index contributed by atoms with van der Waals surface area (Å²) in [5.41, 5.74) is 4.89. The molecule has 0 amide bonds. The molecule has 0 saturated heterocycles. The number of benzene rings is 4. The number of fused-ring (bicyclic) bond motifs is 9. The predicted molar refractivity (Wildman–Crippen MR) is 124 cm³/mol. The lowest BCUT2D eigenvalue weighted by molar-refractivity contribution is 0.0948. The molecule has 0 aliphatic heterocycles. The second kappa shape index (κ2) is 6.23. The Balaban J connectivity index is 1.74. The van der Waals surface area contributed by atoms with Gasteiger partial charge in [0.15, 0.2) is 11.6 Å². The predicted octanol–water partition coefficient (Wildman–Crippen LogP) is 6.10. The molecule has 156 valence electrons. The van der Waals surface area contributed by atoms with Crippen molar-refractivity contribution < 1.29 is 14.0 Å². The zero-order chi connectivity index (χ0) is 22.3. The standard InChI is InChI=1S/C30H17FO2/c31-24-16-8-7-15-23(24)30-22-14-6-5-13-21(22)29(33)26(30)19-11-3-1-9-17(19)25-18-10-2-4-12-20(18)28(32)27(25)30/h1-16,26H. The lowest BCUT2D eigenvalue weighted by Crippen LogP contribution is -2.41. The van der Waals surface area contributed by atoms with Crippen molar-refractivity contribution in [2.45, 2.75) is 11.3 Å². The third kappa shape index (κ3) is 2.03. The molecule has 3 heteroatoms. The van der Waals surface area contributed by atoms with Gasteiger partial charge in [0.2, 0.25) is 0 Å². The van der Waals surface area contributed by atoms with Gasteiger partial charge in [-0.1, -0.05) is 91.0 Å². The van der Waals surface area contributed by atoms with E-state index in [2.05, 4.69) is 0 Å². The number of allylic oxidation sites excluding steroid dienone is 1. The Bertz CT molecular complexity index is 1580. The van der Waals surface area contributed by atoms with Gasteiger partial charge in [-0.05, 0) is 33.9 Å². The summed E-state index contributed by atoms with van der Waals surface area (Å²) < 4.78 is 15.7. The van der Waals surface area contributed by atoms with Crippen LogP contribution in [0.5, 0.6) is 0 Å². The molecule has 2 unspecified atom stereocenters. The first-order valence-corrected chi connectivity index (χ1v) is 11.0. The second-order valence-electron chi connectivity index (χ2n) is 8.84. The molecule has 4 aromatic rings. The molecule has 0 fully saturated rings. The number of hydrogen-bond donors (Lipinski definition) is 0. The van der Waals surface area contributed by atoms with E-state index in [1.807, 2.05) is 66.7 Å². The van der Waals surface area contributed by atoms with E-state index < -0.39 is 17.2 Å². The summed E-state index contributed by atoms with van der Waals surface area (Å²) in [6.45, 7) is 0. The second-order valence-corrected chi connectivity index (χ2v) is 8.84. The maximum atomic E-state index is 15.7. The minimum Gasteiger partial charge on any atom is -0.293 e. The summed E-state index contributed by atoms with van der Waals surface area (Å²) in [6, 6.07) is 29.3. The molecule has 2 nitrogen and oxygen atoms in total. The quantitative estimate of drug-likeness (QED) is 0.367. The Labute approximate surface area is 190 Å². The van der Waals surface area contributed by atoms with Crippen LogP contribution in [-0.4, -0.2) is 11.6 Å². The zero-order valence-corrected chi connectivity index (χ0v) is 17.5. The molecule has 7 rings (SSSR count). The first kappa shape index (κ1) is 18.5. The van der Waals surface area contributed by atoms with Crippen molar-refractivity contribution in [1.82, 2.24) is 0 Å². The highest BCUT2D eigenvalue weighted by Crippen LogP contribution is 2.64. The lowest BCUT2D eigenvalue weighted by Gasteiger charge is -2.42. The fraction of sp³-hybridized carbons (Fsp3) is 0.0667. The molecular weight excluding hydrogens is 411 g/mol. The van der Waals surface area contributed by atoms with Crippen LogP contribution in [0.1, 0.15) is 54.5 Å². The molecule has 33 heavy (non-hydrogen) atoms. The van der Waals surface area contributed by atoms with Gasteiger partial charge in [-0.2, -0.15) is 0 Å². The summed E-state index contributed by atoms with van der Waals surface area (Å²) in [4.78, 5) is 28.1. The Morgan fingerprint density at radius 3 is 1.94 bits per heavy atom. The maximum Gasteiger partial charge on any atom is 0.191 e. The van der Waals surface area contributed by atoms with Gasteiger partial charge >= 0.3 is 0 Å². The SMILES string of the molecule is O=C1C2=C(c3ccccc31)c1ccccc1C1C(=O)c3ccccc3C21c1ccccc1F. The molecule has 0 bridgehead atoms. The van der Waals surface area contributed by atoms with E-state index >= 15 is 4.39 Å². The zero-order valence-electron chi connectivity index (χ0n) is 17.5. The van der Waals surface area contributed by atoms with Gasteiger partial charge < -0.3 is 0 Å². The van der Waals surface area contributed by atoms with Crippen molar-refractivity contribution in [2.24, 2.45) is 0 Å². The fourth-order valence-electron chi connectivity index (χ4n) is 6.33. The van der Waals surface area contributed by atoms with Crippen molar-refractivity contribution in [1.29, 1.82) is 0 Å². The topological polar surface area (TPSA) is 34.1 Å². The average Bonchev–Trinajstić information content (AvgIpc) is 3.30. The van der Waals surface area contributed by atoms with Crippen molar-refractivity contribution in [3.8, 4) is 0 Å². The van der Waals surface area contributed by atoms with Crippen LogP contribution in [0.4, 0.5) is 4.39 Å². The van der Waals surface area contributed by atoms with Crippen molar-refractivity contribution in [3.05, 3.63) is 147 Å². The highest BCUT2D eigenvalue weighted by atomic mass is 19.1. The van der Waals surface area contributed by atoms with Crippen molar-refractivity contribution in [2.75, 3.05) is 0 Å². The minimum absolute atomic E-state index is 0.0726. The van der Waals surface area contributed by atoms with Gasteiger partial charge in [-0.3, -0.25) is 9.59 Å². The molecule has 4 aromatic carbocycles.